The number of hydrogen-bond donors (Lipinski definition) is 21. The molecule has 23 N–H and O–H groups in total. The Morgan fingerprint density at radius 2 is 0.860 bits per heavy atom. The Morgan fingerprint density at radius 1 is 0.427 bits per heavy atom. The second-order valence-electron chi connectivity index (χ2n) is 37.4. The van der Waals surface area contributed by atoms with E-state index in [9.17, 15) is 78.6 Å². The maximum absolute atomic E-state index is 15.8. The van der Waals surface area contributed by atoms with Gasteiger partial charge >= 0.3 is 23.9 Å². The Kier molecular flexibility index (Phi) is 39.5. The van der Waals surface area contributed by atoms with E-state index in [1.54, 1.807) is 42.5 Å². The van der Waals surface area contributed by atoms with Crippen LogP contribution in [0.3, 0.4) is 0 Å². The minimum absolute atomic E-state index is 0.0128. The van der Waals surface area contributed by atoms with Gasteiger partial charge in [0.1, 0.15) is 113 Å². The van der Waals surface area contributed by atoms with Gasteiger partial charge in [-0.3, -0.25) is 106 Å². The normalized spacial score (nSPS) is 24.6. The highest BCUT2D eigenvalue weighted by Crippen LogP contribution is 2.30. The van der Waals surface area contributed by atoms with Crippen LogP contribution in [-0.2, 0) is 144 Å². The molecule has 6 bridgehead atoms. The summed E-state index contributed by atoms with van der Waals surface area (Å²) in [5.74, 6) is -33.4. The van der Waals surface area contributed by atoms with Gasteiger partial charge in [0.25, 0.3) is 17.7 Å². The third-order valence-electron chi connectivity index (χ3n) is 24.8. The van der Waals surface area contributed by atoms with Crippen molar-refractivity contribution in [3.05, 3.63) is 148 Å². The quantitative estimate of drug-likeness (QED) is 0.0381. The lowest BCUT2D eigenvalue weighted by atomic mass is 9.85. The van der Waals surface area contributed by atoms with Crippen molar-refractivity contribution in [2.45, 2.75) is 201 Å². The molecule has 4 aromatic carbocycles. The average Bonchev–Trinajstić information content (AvgIpc) is 1.61. The molecule has 17 amide bonds. The molecule has 7 heterocycles. The van der Waals surface area contributed by atoms with E-state index in [1.165, 1.54) is 110 Å². The van der Waals surface area contributed by atoms with Crippen LogP contribution in [0.15, 0.2) is 97.1 Å². The van der Waals surface area contributed by atoms with Crippen molar-refractivity contribution in [3.63, 3.8) is 0 Å². The van der Waals surface area contributed by atoms with Crippen LogP contribution >= 0.6 is 35.3 Å². The number of carboxylic acid groups (broad SMARTS) is 4. The number of aromatic hydroxyl groups is 1. The van der Waals surface area contributed by atoms with Crippen LogP contribution in [0.25, 0.3) is 10.8 Å². The number of carboxylic acids is 4. The monoisotopic (exact) mass is 2140 g/mol. The number of aromatic nitrogens is 9. The van der Waals surface area contributed by atoms with Crippen molar-refractivity contribution >= 4 is 170 Å². The number of hydrogen-bond acceptors (Lipinski definition) is 33. The molecule has 0 aliphatic carbocycles. The van der Waals surface area contributed by atoms with E-state index < -0.39 is 328 Å². The summed E-state index contributed by atoms with van der Waals surface area (Å²) >= 11 is 2.67. The van der Waals surface area contributed by atoms with Gasteiger partial charge in [0.15, 0.2) is 0 Å². The van der Waals surface area contributed by atoms with Crippen molar-refractivity contribution in [3.8, 4) is 5.75 Å². The van der Waals surface area contributed by atoms with Crippen LogP contribution in [0.5, 0.6) is 5.75 Å². The first kappa shape index (κ1) is 115. The van der Waals surface area contributed by atoms with Crippen molar-refractivity contribution < 1.29 is 131 Å². The first-order valence-corrected chi connectivity index (χ1v) is 50.6. The van der Waals surface area contributed by atoms with E-state index in [0.717, 1.165) is 52.3 Å². The number of rotatable bonds is 18. The highest BCUT2D eigenvalue weighted by atomic mass is 32.2. The number of carbonyl (C=O) groups excluding carboxylic acids is 17. The maximum atomic E-state index is 15.8. The second-order valence-corrected chi connectivity index (χ2v) is 40.4. The van der Waals surface area contributed by atoms with Gasteiger partial charge in [0.2, 0.25) is 82.7 Å². The Labute approximate surface area is 867 Å². The summed E-state index contributed by atoms with van der Waals surface area (Å²) in [7, 11) is 4.00. The lowest BCUT2D eigenvalue weighted by Gasteiger charge is -2.42. The fourth-order valence-corrected chi connectivity index (χ4v) is 19.7. The first-order valence-electron chi connectivity index (χ1n) is 47.1. The summed E-state index contributed by atoms with van der Waals surface area (Å²) in [5, 5.41) is 122. The van der Waals surface area contributed by atoms with Gasteiger partial charge in [0, 0.05) is 93.7 Å². The number of phenols is 1. The molecule has 0 saturated carbocycles. The summed E-state index contributed by atoms with van der Waals surface area (Å²) < 4.78 is 3.20. The van der Waals surface area contributed by atoms with Crippen molar-refractivity contribution in [1.82, 2.24) is 129 Å². The van der Waals surface area contributed by atoms with Gasteiger partial charge in [-0.1, -0.05) is 128 Å². The van der Waals surface area contributed by atoms with Gasteiger partial charge in [-0.25, -0.2) is 14.0 Å². The molecule has 11 rings (SSSR count). The summed E-state index contributed by atoms with van der Waals surface area (Å²) in [6.45, 7) is 5.32. The number of fused-ring (bicyclic) bond motifs is 11. The fraction of sp³-hybridized carbons (Fsp3) is 0.473. The smallest absolute Gasteiger partial charge is 0.309 e. The molecule has 54 nitrogen and oxygen atoms in total. The van der Waals surface area contributed by atoms with Gasteiger partial charge < -0.3 is 121 Å². The number of benzene rings is 4. The van der Waals surface area contributed by atoms with Crippen LogP contribution in [0.2, 0.25) is 0 Å². The molecule has 804 valence electrons. The SMILES string of the molecule is C[C@H]1CSCc2nnn(C)c2C(=O)N2CN3CN(C2)C(=O)c2c(nnn2C)CSC[C@H]2NC(=O)[C@H](NC(=O)[C@H](Cc4cccc5ccccc45)NC(=O)[C@H](CCC(=O)O)NC(=O)[C@H](CC(N)=O)NC(O)[C@@H](C)NC1=O)C(C(=O)O)C[C@H](NC2=O)C(=O)N[C@@H](CC(=O)O)C(=O)N[C@@H](Cc1ccccc1)C(=O)N[C@@H](Cc1ccc(O)cc1)C(=O)N[C@@H](CCC(=O)O)C(=O)N[C@@H](C(C)(C)C)C(=O)N[C@H](C(N)=O)CSCc1nnn(C)c1C3=O. The molecular formula is C93H117N27O27S3. The molecule has 2 fully saturated rings. The maximum Gasteiger partial charge on any atom is 0.309 e. The molecule has 16 atom stereocenters. The summed E-state index contributed by atoms with van der Waals surface area (Å²) in [6, 6.07) is -1.75. The van der Waals surface area contributed by atoms with E-state index in [2.05, 4.69) is 100 Å². The topological polar surface area (TPSA) is 790 Å². The number of primary amides is 2. The molecule has 2 saturated heterocycles. The summed E-state index contributed by atoms with van der Waals surface area (Å²) in [6.07, 6.45) is -10.6. The van der Waals surface area contributed by atoms with E-state index in [-0.39, 0.29) is 73.9 Å². The molecule has 4 aliphatic rings. The molecular weight excluding hydrogens is 2020 g/mol. The standard InChI is InChI=1S/C93H117N27O27S3/c1-44-35-148-36-61-71(115(6)112-109-61)89(143)118-41-119-43-120(42-118)91(145)73-63(111-114-117(73)8)38-150-40-65-86(140)103-58(32-52(92(146)147)70(87(141)106-65)107-85(139)57(31-49-19-14-18-48-17-12-13-20-51(48)49)102-78(132)53(25-27-67(123)124)97-83(137)59(33-66(94)122)99-77(131)45(2)96-76(44)130)82(136)104-60(34-69(127)128)84(138)101-55(29-46-15-10-9-11-16-46)81(135)100-56(30-47-21-23-50(121)24-22-47)80(134)98-54(26-28-68(125)126)79(133)108-74(93(3,4)5)88(142)105-64(75(95)129)39-149-37-62-72(90(119)144)116(7)113-110-62/h9-24,44-45,52-60,64-65,70,74,77,99,121,131H,25-43H2,1-8H3,(H2,94,122)(H2,95,129)(H,96,130)(H,97,137)(H,98,134)(H,100,135)(H,101,138)(H,102,132)(H,103,140)(H,104,136)(H,105,142)(H,106,141)(H,107,139)(H,108,133)(H,123,124)(H,125,126)(H,127,128)(H,146,147)/t44-,45+,52?,53-,54-,55-,56-,57-,58-,59-,60-,64-,65+,70+,74+,77?/m0/s1. The number of amides is 17. The predicted octanol–water partition coefficient (Wildman–Crippen LogP) is -5.54. The number of aliphatic hydroxyl groups is 1. The molecule has 0 spiro atoms. The Balaban J connectivity index is 1.06. The molecule has 2 unspecified atom stereocenters. The fourth-order valence-electron chi connectivity index (χ4n) is 16.7. The number of nitrogens with two attached hydrogens (primary N) is 2. The highest BCUT2D eigenvalue weighted by molar-refractivity contribution is 7.99. The third-order valence-corrected chi connectivity index (χ3v) is 28.1. The van der Waals surface area contributed by atoms with Crippen LogP contribution in [-0.4, -0.2) is 337 Å². The Bertz CT molecular complexity index is 6280. The average molecular weight is 2140 g/mol. The van der Waals surface area contributed by atoms with E-state index in [1.807, 2.05) is 0 Å². The highest BCUT2D eigenvalue weighted by Gasteiger charge is 2.48. The van der Waals surface area contributed by atoms with E-state index in [4.69, 9.17) is 11.5 Å². The number of aryl methyl sites for hydroxylation is 3. The number of nitrogens with one attached hydrogen (secondary N) is 13. The van der Waals surface area contributed by atoms with E-state index >= 15 is 52.7 Å². The zero-order valence-corrected chi connectivity index (χ0v) is 84.9. The van der Waals surface area contributed by atoms with Gasteiger partial charge in [-0.05, 0) is 71.2 Å². The van der Waals surface area contributed by atoms with Crippen molar-refractivity contribution in [2.24, 2.45) is 49.9 Å². The van der Waals surface area contributed by atoms with Gasteiger partial charge in [-0.2, -0.15) is 35.3 Å². The summed E-state index contributed by atoms with van der Waals surface area (Å²) in [5.41, 5.74) is 9.92. The molecule has 57 heteroatoms. The third kappa shape index (κ3) is 30.7. The Morgan fingerprint density at radius 3 is 1.36 bits per heavy atom. The van der Waals surface area contributed by atoms with Crippen molar-refractivity contribution in [1.29, 1.82) is 0 Å². The molecule has 4 aliphatic heterocycles. The minimum Gasteiger partial charge on any atom is -0.508 e. The van der Waals surface area contributed by atoms with Crippen molar-refractivity contribution in [2.75, 3.05) is 37.3 Å². The minimum atomic E-state index is -2.54. The number of aliphatic hydroxyl groups excluding tert-OH is 1. The van der Waals surface area contributed by atoms with Crippen LogP contribution in [0.4, 0.5) is 0 Å². The number of phenolic OH excluding ortho intramolecular Hbond substituents is 1. The number of carbonyl (C=O) groups is 21. The zero-order chi connectivity index (χ0) is 110. The van der Waals surface area contributed by atoms with E-state index in [0.29, 0.717) is 22.5 Å². The number of nitrogens with zero attached hydrogens (tertiary/aromatic N) is 12. The molecule has 150 heavy (non-hydrogen) atoms. The van der Waals surface area contributed by atoms with Crippen LogP contribution < -0.4 is 80.6 Å². The Hall–Kier alpha value is -15.8. The zero-order valence-electron chi connectivity index (χ0n) is 82.4. The van der Waals surface area contributed by atoms with Crippen LogP contribution in [0, 0.1) is 17.3 Å². The van der Waals surface area contributed by atoms with Crippen LogP contribution in [0.1, 0.15) is 145 Å². The number of thioether (sulfide) groups is 3. The first-order chi connectivity index (χ1) is 71.0. The molecule has 3 aromatic heterocycles. The van der Waals surface area contributed by atoms with Gasteiger partial charge in [-0.15, -0.1) is 15.3 Å². The lowest BCUT2D eigenvalue weighted by molar-refractivity contribution is -0.147. The number of aliphatic carboxylic acids is 4. The molecule has 0 radical (unpaired) electrons. The predicted molar refractivity (Wildman–Crippen MR) is 529 cm³/mol. The van der Waals surface area contributed by atoms with Gasteiger partial charge in [0.05, 0.1) is 50.8 Å². The summed E-state index contributed by atoms with van der Waals surface area (Å²) in [4.78, 5) is 311. The second kappa shape index (κ2) is 51.7. The largest absolute Gasteiger partial charge is 0.508 e. The molecule has 7 aromatic rings. The lowest BCUT2D eigenvalue weighted by Crippen LogP contribution is -2.62.